The number of benzene rings is 2. The molecule has 1 saturated heterocycles. The normalized spacial score (nSPS) is 13.7. The topological polar surface area (TPSA) is 75.9 Å². The summed E-state index contributed by atoms with van der Waals surface area (Å²) in [5.74, 6) is 0.222. The Morgan fingerprint density at radius 1 is 1.11 bits per heavy atom. The van der Waals surface area contributed by atoms with Crippen LogP contribution < -0.4 is 10.2 Å². The molecule has 0 spiro atoms. The number of nitrogens with zero attached hydrogens (tertiary/aromatic N) is 5. The van der Waals surface area contributed by atoms with Gasteiger partial charge in [-0.05, 0) is 54.5 Å². The van der Waals surface area contributed by atoms with E-state index in [2.05, 4.69) is 25.6 Å². The van der Waals surface area contributed by atoms with Gasteiger partial charge in [0.2, 0.25) is 11.7 Å². The third-order valence-corrected chi connectivity index (χ3v) is 4.68. The molecule has 0 atom stereocenters. The number of halogens is 1. The Morgan fingerprint density at radius 2 is 1.89 bits per heavy atom. The smallest absolute Gasteiger partial charge is 0.248 e. The average Bonchev–Trinajstić information content (AvgIpc) is 3.34. The highest BCUT2D eigenvalue weighted by atomic mass is 35.5. The summed E-state index contributed by atoms with van der Waals surface area (Å²) >= 11 is 5.98. The molecule has 8 heteroatoms. The molecule has 0 radical (unpaired) electrons. The third-order valence-electron chi connectivity index (χ3n) is 4.44. The van der Waals surface area contributed by atoms with Gasteiger partial charge in [-0.25, -0.2) is 0 Å². The van der Waals surface area contributed by atoms with E-state index < -0.39 is 0 Å². The maximum atomic E-state index is 12.3. The number of nitrogens with one attached hydrogen (secondary N) is 1. The number of hydrogen-bond acceptors (Lipinski definition) is 5. The highest BCUT2D eigenvalue weighted by Crippen LogP contribution is 2.22. The van der Waals surface area contributed by atoms with Crippen LogP contribution in [0, 0.1) is 0 Å². The van der Waals surface area contributed by atoms with Crippen molar-refractivity contribution < 1.29 is 4.79 Å². The van der Waals surface area contributed by atoms with Crippen LogP contribution in [0.2, 0.25) is 5.02 Å². The van der Waals surface area contributed by atoms with E-state index in [1.54, 1.807) is 12.1 Å². The Hall–Kier alpha value is -2.93. The maximum Gasteiger partial charge on any atom is 0.248 e. The van der Waals surface area contributed by atoms with Gasteiger partial charge in [0.15, 0.2) is 0 Å². The molecular formula is C19H19ClN6O. The summed E-state index contributed by atoms with van der Waals surface area (Å²) in [6.45, 7) is 2.18. The zero-order valence-electron chi connectivity index (χ0n) is 14.7. The molecule has 27 heavy (non-hydrogen) atoms. The van der Waals surface area contributed by atoms with Gasteiger partial charge in [0.25, 0.3) is 0 Å². The summed E-state index contributed by atoms with van der Waals surface area (Å²) in [5, 5.41) is 15.6. The van der Waals surface area contributed by atoms with Crippen molar-refractivity contribution >= 4 is 28.9 Å². The zero-order valence-corrected chi connectivity index (χ0v) is 15.4. The fourth-order valence-corrected chi connectivity index (χ4v) is 3.30. The Bertz CT molecular complexity index is 933. The first kappa shape index (κ1) is 17.5. The van der Waals surface area contributed by atoms with Crippen LogP contribution in [0.4, 0.5) is 11.4 Å². The Kier molecular flexibility index (Phi) is 5.02. The SMILES string of the molecule is O=C(Cn1nnc(-c2cccc(Cl)c2)n1)Nc1ccc(N2CCCC2)cc1. The predicted molar refractivity (Wildman–Crippen MR) is 105 cm³/mol. The number of hydrogen-bond donors (Lipinski definition) is 1. The molecule has 3 aromatic rings. The largest absolute Gasteiger partial charge is 0.372 e. The third kappa shape index (κ3) is 4.25. The number of amides is 1. The van der Waals surface area contributed by atoms with Gasteiger partial charge in [-0.1, -0.05) is 23.7 Å². The first-order chi connectivity index (χ1) is 13.2. The molecule has 1 aromatic heterocycles. The zero-order chi connectivity index (χ0) is 18.6. The summed E-state index contributed by atoms with van der Waals surface area (Å²) in [6, 6.07) is 15.1. The molecule has 0 bridgehead atoms. The van der Waals surface area contributed by atoms with Crippen LogP contribution in [0.3, 0.4) is 0 Å². The van der Waals surface area contributed by atoms with E-state index in [1.165, 1.54) is 23.3 Å². The molecule has 1 amide bonds. The quantitative estimate of drug-likeness (QED) is 0.733. The monoisotopic (exact) mass is 382 g/mol. The summed E-state index contributed by atoms with van der Waals surface area (Å²) in [6.07, 6.45) is 2.47. The van der Waals surface area contributed by atoms with E-state index >= 15 is 0 Å². The van der Waals surface area contributed by atoms with Crippen molar-refractivity contribution in [1.29, 1.82) is 0 Å². The van der Waals surface area contributed by atoms with Crippen LogP contribution in [0.1, 0.15) is 12.8 Å². The Morgan fingerprint density at radius 3 is 2.63 bits per heavy atom. The molecule has 4 rings (SSSR count). The van der Waals surface area contributed by atoms with Crippen molar-refractivity contribution in [2.75, 3.05) is 23.3 Å². The van der Waals surface area contributed by atoms with Crippen molar-refractivity contribution in [3.63, 3.8) is 0 Å². The molecule has 138 valence electrons. The van der Waals surface area contributed by atoms with E-state index in [9.17, 15) is 4.79 Å². The highest BCUT2D eigenvalue weighted by Gasteiger charge is 2.13. The lowest BCUT2D eigenvalue weighted by molar-refractivity contribution is -0.117. The van der Waals surface area contributed by atoms with Crippen molar-refractivity contribution in [3.8, 4) is 11.4 Å². The molecular weight excluding hydrogens is 364 g/mol. The van der Waals surface area contributed by atoms with Gasteiger partial charge in [-0.2, -0.15) is 4.80 Å². The number of rotatable bonds is 5. The fourth-order valence-electron chi connectivity index (χ4n) is 3.11. The van der Waals surface area contributed by atoms with Crippen LogP contribution in [-0.4, -0.2) is 39.2 Å². The lowest BCUT2D eigenvalue weighted by atomic mass is 10.2. The van der Waals surface area contributed by atoms with Gasteiger partial charge in [-0.15, -0.1) is 10.2 Å². The van der Waals surface area contributed by atoms with Crippen LogP contribution in [0.25, 0.3) is 11.4 Å². The molecule has 0 aliphatic carbocycles. The molecule has 7 nitrogen and oxygen atoms in total. The van der Waals surface area contributed by atoms with E-state index in [0.717, 1.165) is 24.3 Å². The van der Waals surface area contributed by atoms with Crippen molar-refractivity contribution in [2.45, 2.75) is 19.4 Å². The summed E-state index contributed by atoms with van der Waals surface area (Å²) in [7, 11) is 0. The Labute approximate surface area is 161 Å². The summed E-state index contributed by atoms with van der Waals surface area (Å²) < 4.78 is 0. The number of carbonyl (C=O) groups excluding carboxylic acids is 1. The number of anilines is 2. The fraction of sp³-hybridized carbons (Fsp3) is 0.263. The second-order valence-corrected chi connectivity index (χ2v) is 6.88. The van der Waals surface area contributed by atoms with E-state index in [-0.39, 0.29) is 12.5 Å². The first-order valence-electron chi connectivity index (χ1n) is 8.86. The minimum Gasteiger partial charge on any atom is -0.372 e. The van der Waals surface area contributed by atoms with Crippen LogP contribution in [0.5, 0.6) is 0 Å². The summed E-state index contributed by atoms with van der Waals surface area (Å²) in [4.78, 5) is 15.9. The second kappa shape index (κ2) is 7.75. The second-order valence-electron chi connectivity index (χ2n) is 6.44. The predicted octanol–water partition coefficient (Wildman–Crippen LogP) is 3.23. The summed E-state index contributed by atoms with van der Waals surface area (Å²) in [5.41, 5.74) is 2.69. The van der Waals surface area contributed by atoms with E-state index in [1.807, 2.05) is 36.4 Å². The van der Waals surface area contributed by atoms with Crippen LogP contribution >= 0.6 is 11.6 Å². The molecule has 2 heterocycles. The standard InChI is InChI=1S/C19H19ClN6O/c20-15-5-3-4-14(12-15)19-22-24-26(23-19)13-18(27)21-16-6-8-17(9-7-16)25-10-1-2-11-25/h3-9,12H,1-2,10-11,13H2,(H,21,27). The number of aromatic nitrogens is 4. The van der Waals surface area contributed by atoms with Crippen LogP contribution in [-0.2, 0) is 11.3 Å². The molecule has 1 aliphatic rings. The number of tetrazole rings is 1. The van der Waals surface area contributed by atoms with Gasteiger partial charge in [0.05, 0.1) is 0 Å². The lowest BCUT2D eigenvalue weighted by Crippen LogP contribution is -2.21. The first-order valence-corrected chi connectivity index (χ1v) is 9.24. The van der Waals surface area contributed by atoms with Crippen LogP contribution in [0.15, 0.2) is 48.5 Å². The minimum absolute atomic E-state index is 0.0125. The molecule has 1 aliphatic heterocycles. The highest BCUT2D eigenvalue weighted by molar-refractivity contribution is 6.30. The molecule has 0 unspecified atom stereocenters. The molecule has 2 aromatic carbocycles. The molecule has 1 fully saturated rings. The lowest BCUT2D eigenvalue weighted by Gasteiger charge is -2.17. The van der Waals surface area contributed by atoms with Gasteiger partial charge in [-0.3, -0.25) is 4.79 Å². The van der Waals surface area contributed by atoms with Crippen molar-refractivity contribution in [3.05, 3.63) is 53.6 Å². The van der Waals surface area contributed by atoms with Gasteiger partial charge in [0.1, 0.15) is 6.54 Å². The minimum atomic E-state index is -0.209. The maximum absolute atomic E-state index is 12.3. The van der Waals surface area contributed by atoms with Crippen molar-refractivity contribution in [1.82, 2.24) is 20.2 Å². The van der Waals surface area contributed by atoms with Crippen molar-refractivity contribution in [2.24, 2.45) is 0 Å². The Balaban J connectivity index is 1.37. The average molecular weight is 383 g/mol. The molecule has 0 saturated carbocycles. The van der Waals surface area contributed by atoms with Gasteiger partial charge in [0, 0.05) is 35.1 Å². The number of carbonyl (C=O) groups is 1. The van der Waals surface area contributed by atoms with Gasteiger partial charge < -0.3 is 10.2 Å². The van der Waals surface area contributed by atoms with E-state index in [0.29, 0.717) is 10.8 Å². The molecule has 1 N–H and O–H groups in total. The van der Waals surface area contributed by atoms with Gasteiger partial charge >= 0.3 is 0 Å². The van der Waals surface area contributed by atoms with E-state index in [4.69, 9.17) is 11.6 Å².